The van der Waals surface area contributed by atoms with Gasteiger partial charge in [0.2, 0.25) is 5.91 Å². The summed E-state index contributed by atoms with van der Waals surface area (Å²) in [4.78, 5) is 21.1. The Labute approximate surface area is 168 Å². The lowest BCUT2D eigenvalue weighted by Gasteiger charge is -2.11. The number of nitrogens with one attached hydrogen (secondary N) is 1. The molecule has 2 aromatic heterocycles. The van der Waals surface area contributed by atoms with Crippen molar-refractivity contribution >= 4 is 22.5 Å². The van der Waals surface area contributed by atoms with Gasteiger partial charge in [-0.25, -0.2) is 4.98 Å². The van der Waals surface area contributed by atoms with E-state index >= 15 is 0 Å². The summed E-state index contributed by atoms with van der Waals surface area (Å²) in [5.74, 6) is 0.847. The summed E-state index contributed by atoms with van der Waals surface area (Å²) < 4.78 is 0. The van der Waals surface area contributed by atoms with Gasteiger partial charge in [-0.3, -0.25) is 9.78 Å². The number of anilines is 1. The molecule has 3 aliphatic rings. The van der Waals surface area contributed by atoms with Gasteiger partial charge in [0.1, 0.15) is 5.82 Å². The van der Waals surface area contributed by atoms with E-state index in [4.69, 9.17) is 0 Å². The minimum Gasteiger partial charge on any atom is -0.310 e. The summed E-state index contributed by atoms with van der Waals surface area (Å²) >= 11 is 0. The highest BCUT2D eigenvalue weighted by Crippen LogP contribution is 2.78. The average molecular weight is 380 g/mol. The summed E-state index contributed by atoms with van der Waals surface area (Å²) in [6, 6.07) is 14.7. The normalized spacial score (nSPS) is 28.0. The number of nitrogens with zero attached hydrogens (tertiary/aromatic N) is 3. The fourth-order valence-corrected chi connectivity index (χ4v) is 5.01. The Balaban J connectivity index is 1.23. The molecule has 0 radical (unpaired) electrons. The van der Waals surface area contributed by atoms with Crippen LogP contribution in [0.15, 0.2) is 55.0 Å². The first-order valence-corrected chi connectivity index (χ1v) is 10.2. The van der Waals surface area contributed by atoms with Crippen LogP contribution >= 0.6 is 0 Å². The predicted octanol–water partition coefficient (Wildman–Crippen LogP) is 4.32. The van der Waals surface area contributed by atoms with Crippen molar-refractivity contribution in [2.24, 2.45) is 11.3 Å². The van der Waals surface area contributed by atoms with Gasteiger partial charge in [-0.2, -0.15) is 5.26 Å². The quantitative estimate of drug-likeness (QED) is 0.731. The van der Waals surface area contributed by atoms with Gasteiger partial charge in [-0.05, 0) is 77.8 Å². The van der Waals surface area contributed by atoms with Gasteiger partial charge in [-0.15, -0.1) is 0 Å². The molecule has 142 valence electrons. The van der Waals surface area contributed by atoms with Crippen molar-refractivity contribution in [1.82, 2.24) is 9.97 Å². The molecule has 1 spiro atoms. The largest absolute Gasteiger partial charge is 0.310 e. The summed E-state index contributed by atoms with van der Waals surface area (Å²) in [6.45, 7) is 0. The molecular formula is C24H20N4O. The fourth-order valence-electron chi connectivity index (χ4n) is 5.01. The monoisotopic (exact) mass is 380 g/mol. The average Bonchev–Trinajstić information content (AvgIpc) is 3.66. The molecule has 0 aliphatic heterocycles. The van der Waals surface area contributed by atoms with Crippen LogP contribution in [0.4, 0.5) is 5.82 Å². The van der Waals surface area contributed by atoms with Gasteiger partial charge in [0.05, 0.1) is 11.5 Å². The Morgan fingerprint density at radius 3 is 2.69 bits per heavy atom. The van der Waals surface area contributed by atoms with Gasteiger partial charge in [0.15, 0.2) is 0 Å². The minimum atomic E-state index is -0.306. The van der Waals surface area contributed by atoms with Crippen molar-refractivity contribution in [3.8, 4) is 6.07 Å². The molecule has 3 aromatic rings. The van der Waals surface area contributed by atoms with Gasteiger partial charge in [-0.1, -0.05) is 12.1 Å². The van der Waals surface area contributed by atoms with Crippen molar-refractivity contribution < 1.29 is 4.79 Å². The summed E-state index contributed by atoms with van der Waals surface area (Å²) in [5, 5.41) is 14.8. The number of nitriles is 1. The fraction of sp³-hybridized carbons (Fsp3) is 0.333. The Hall–Kier alpha value is -3.26. The second kappa shape index (κ2) is 5.64. The van der Waals surface area contributed by atoms with Crippen LogP contribution in [0, 0.1) is 22.7 Å². The highest BCUT2D eigenvalue weighted by Gasteiger charge is 2.75. The summed E-state index contributed by atoms with van der Waals surface area (Å²) in [7, 11) is 0. The van der Waals surface area contributed by atoms with Crippen LogP contribution in [-0.4, -0.2) is 15.9 Å². The maximum absolute atomic E-state index is 12.7. The molecule has 5 nitrogen and oxygen atoms in total. The molecule has 1 aromatic carbocycles. The Morgan fingerprint density at radius 2 is 1.97 bits per heavy atom. The van der Waals surface area contributed by atoms with E-state index in [0.717, 1.165) is 47.6 Å². The molecule has 0 saturated heterocycles. The topological polar surface area (TPSA) is 78.7 Å². The zero-order chi connectivity index (χ0) is 19.6. The van der Waals surface area contributed by atoms with Crippen molar-refractivity contribution in [2.45, 2.75) is 37.0 Å². The molecule has 29 heavy (non-hydrogen) atoms. The molecule has 0 unspecified atom stereocenters. The highest BCUT2D eigenvalue weighted by molar-refractivity contribution is 5.96. The first kappa shape index (κ1) is 16.7. The molecule has 3 atom stereocenters. The third-order valence-corrected chi connectivity index (χ3v) is 7.16. The van der Waals surface area contributed by atoms with Crippen LogP contribution in [0.25, 0.3) is 10.8 Å². The van der Waals surface area contributed by atoms with E-state index in [1.807, 2.05) is 24.3 Å². The number of hydrogen-bond acceptors (Lipinski definition) is 4. The Morgan fingerprint density at radius 1 is 1.14 bits per heavy atom. The number of benzene rings is 1. The lowest BCUT2D eigenvalue weighted by molar-refractivity contribution is -0.117. The van der Waals surface area contributed by atoms with Crippen LogP contribution in [0.1, 0.15) is 42.7 Å². The molecule has 2 heterocycles. The van der Waals surface area contributed by atoms with Crippen LogP contribution in [0.5, 0.6) is 0 Å². The summed E-state index contributed by atoms with van der Waals surface area (Å²) in [5.41, 5.74) is 2.21. The lowest BCUT2D eigenvalue weighted by Crippen LogP contribution is -2.15. The Kier molecular flexibility index (Phi) is 3.24. The molecule has 3 fully saturated rings. The number of fused-ring (bicyclic) bond motifs is 1. The number of rotatable bonds is 4. The van der Waals surface area contributed by atoms with Gasteiger partial charge in [0.25, 0.3) is 0 Å². The van der Waals surface area contributed by atoms with E-state index in [9.17, 15) is 10.1 Å². The molecule has 6 rings (SSSR count). The van der Waals surface area contributed by atoms with E-state index < -0.39 is 0 Å². The highest BCUT2D eigenvalue weighted by atomic mass is 16.2. The SMILES string of the molecule is N#C[C@@]1(c2ccc3cnc(NC(=O)[C@H]4C[C@@H]4c4ccncc4)cc3c2)CC12CC2. The van der Waals surface area contributed by atoms with E-state index in [1.165, 1.54) is 0 Å². The molecule has 3 aliphatic carbocycles. The smallest absolute Gasteiger partial charge is 0.229 e. The zero-order valence-corrected chi connectivity index (χ0v) is 15.9. The number of hydrogen-bond donors (Lipinski definition) is 1. The number of pyridine rings is 2. The first-order valence-electron chi connectivity index (χ1n) is 10.2. The third-order valence-electron chi connectivity index (χ3n) is 7.16. The van der Waals surface area contributed by atoms with Gasteiger partial charge >= 0.3 is 0 Å². The number of carbonyl (C=O) groups is 1. The predicted molar refractivity (Wildman–Crippen MR) is 109 cm³/mol. The first-order chi connectivity index (χ1) is 14.1. The molecule has 5 heteroatoms. The van der Waals surface area contributed by atoms with Crippen molar-refractivity contribution in [3.63, 3.8) is 0 Å². The molecule has 3 saturated carbocycles. The Bertz CT molecular complexity index is 1190. The van der Waals surface area contributed by atoms with Crippen molar-refractivity contribution in [2.75, 3.05) is 5.32 Å². The summed E-state index contributed by atoms with van der Waals surface area (Å²) in [6.07, 6.45) is 9.50. The molecule has 0 bridgehead atoms. The second-order valence-electron chi connectivity index (χ2n) is 8.82. The maximum atomic E-state index is 12.7. The lowest BCUT2D eigenvalue weighted by atomic mass is 9.92. The van der Waals surface area contributed by atoms with Gasteiger partial charge < -0.3 is 5.32 Å². The van der Waals surface area contributed by atoms with E-state index in [1.54, 1.807) is 18.6 Å². The van der Waals surface area contributed by atoms with Crippen molar-refractivity contribution in [1.29, 1.82) is 5.26 Å². The van der Waals surface area contributed by atoms with Crippen LogP contribution < -0.4 is 5.32 Å². The van der Waals surface area contributed by atoms with Crippen LogP contribution in [0.2, 0.25) is 0 Å². The third kappa shape index (κ3) is 2.49. The standard InChI is InChI=1S/C24H20N4O/c25-14-24(13-23(24)5-6-23)18-2-1-16-12-27-21(10-17(16)9-18)28-22(29)20-11-19(20)15-3-7-26-8-4-15/h1-4,7-10,12,19-20H,5-6,11,13H2,(H,27,28,29)/t19-,20+,24-/m1/s1. The molecule has 1 N–H and O–H groups in total. The molecule has 1 amide bonds. The zero-order valence-electron chi connectivity index (χ0n) is 15.9. The van der Waals surface area contributed by atoms with E-state index in [0.29, 0.717) is 5.82 Å². The van der Waals surface area contributed by atoms with Gasteiger partial charge in [0, 0.05) is 29.9 Å². The number of amides is 1. The van der Waals surface area contributed by atoms with E-state index in [2.05, 4.69) is 33.5 Å². The van der Waals surface area contributed by atoms with Crippen molar-refractivity contribution in [3.05, 3.63) is 66.1 Å². The van der Waals surface area contributed by atoms with E-state index in [-0.39, 0.29) is 28.6 Å². The van der Waals surface area contributed by atoms with Crippen LogP contribution in [0.3, 0.4) is 0 Å². The second-order valence-corrected chi connectivity index (χ2v) is 8.82. The maximum Gasteiger partial charge on any atom is 0.229 e. The minimum absolute atomic E-state index is 0.00993. The molecular weight excluding hydrogens is 360 g/mol. The number of aromatic nitrogens is 2. The number of carbonyl (C=O) groups excluding carboxylic acids is 1. The van der Waals surface area contributed by atoms with Crippen LogP contribution in [-0.2, 0) is 10.2 Å².